The van der Waals surface area contributed by atoms with Crippen LogP contribution < -0.4 is 0 Å². The molecule has 0 saturated heterocycles. The molecule has 0 fully saturated rings. The van der Waals surface area contributed by atoms with E-state index in [1.165, 1.54) is 576 Å². The molecule has 113 heavy (non-hydrogen) atoms. The number of benzene rings is 2. The Bertz CT molecular complexity index is 2180. The van der Waals surface area contributed by atoms with Crippen LogP contribution in [0.25, 0.3) is 0 Å². The Kier molecular flexibility index (Phi) is 92.4. The Morgan fingerprint density at radius 2 is 0.248 bits per heavy atom. The molecule has 0 bridgehead atoms. The monoisotopic (exact) mass is 1740 g/mol. The second-order valence-corrected chi connectivity index (χ2v) is 38.9. The summed E-state index contributed by atoms with van der Waals surface area (Å²) >= 11 is 0. The van der Waals surface area contributed by atoms with E-state index in [9.17, 15) is 25.9 Å². The molecule has 0 spiro atoms. The molecule has 0 aliphatic rings. The van der Waals surface area contributed by atoms with E-state index in [2.05, 4.69) is 13.8 Å². The fourth-order valence-electron chi connectivity index (χ4n) is 17.3. The first-order valence-corrected chi connectivity index (χ1v) is 54.0. The van der Waals surface area contributed by atoms with Crippen LogP contribution in [0.2, 0.25) is 0 Å². The van der Waals surface area contributed by atoms with E-state index in [0.29, 0.717) is 0 Å². The second-order valence-electron chi connectivity index (χ2n) is 36.1. The summed E-state index contributed by atoms with van der Waals surface area (Å²) in [4.78, 5) is -0.262. The minimum atomic E-state index is -4.33. The topological polar surface area (TPSA) is 114 Å². The molecule has 0 saturated carbocycles. The van der Waals surface area contributed by atoms with Crippen molar-refractivity contribution in [3.8, 4) is 0 Å². The van der Waals surface area contributed by atoms with E-state index in [1.54, 1.807) is 24.3 Å². The zero-order chi connectivity index (χ0) is 80.6. The molecule has 0 atom stereocenters. The van der Waals surface area contributed by atoms with Gasteiger partial charge in [-0.2, -0.15) is 0 Å². The van der Waals surface area contributed by atoms with Crippen molar-refractivity contribution in [3.63, 3.8) is 0 Å². The van der Waals surface area contributed by atoms with Gasteiger partial charge in [0, 0.05) is 0 Å². The van der Waals surface area contributed by atoms with Crippen molar-refractivity contribution in [1.29, 1.82) is 0 Å². The van der Waals surface area contributed by atoms with Crippen LogP contribution in [0.1, 0.15) is 590 Å². The quantitative estimate of drug-likeness (QED) is 0.0370. The first kappa shape index (κ1) is 113. The standard InChI is InChI=1S/2C52H98O3S.Ba/c2*1-2-3-4-5-6-7-8-9-10-11-12-13-14-15-16-17-18-19-20-21-22-23-24-25-26-27-28-29-30-31-32-33-34-35-36-37-38-39-40-41-42-43-44-45-46-51-47-49-52(50-48-51)56(53,54)55;/h2*47-50H,2-46H2,1H3,(H,53,54,55);/q;;+2/p-2. The number of aryl methyl sites for hydroxylation is 2. The molecule has 6 nitrogen and oxygen atoms in total. The maximum Gasteiger partial charge on any atom is 2.00 e. The molecular formula is C104H194BaO6S2. The van der Waals surface area contributed by atoms with Crippen LogP contribution in [0.4, 0.5) is 0 Å². The van der Waals surface area contributed by atoms with Gasteiger partial charge in [-0.3, -0.25) is 0 Å². The van der Waals surface area contributed by atoms with Crippen molar-refractivity contribution in [2.75, 3.05) is 0 Å². The van der Waals surface area contributed by atoms with Gasteiger partial charge in [-0.25, -0.2) is 16.8 Å². The average molecular weight is 1740 g/mol. The fourth-order valence-corrected chi connectivity index (χ4v) is 18.2. The zero-order valence-corrected chi connectivity index (χ0v) is 82.3. The summed E-state index contributed by atoms with van der Waals surface area (Å²) in [6.45, 7) is 4.61. The predicted octanol–water partition coefficient (Wildman–Crippen LogP) is 36.3. The Labute approximate surface area is 749 Å². The van der Waals surface area contributed by atoms with Crippen LogP contribution >= 0.6 is 0 Å². The normalized spacial score (nSPS) is 11.8. The van der Waals surface area contributed by atoms with Crippen molar-refractivity contribution in [2.45, 2.75) is 602 Å². The summed E-state index contributed by atoms with van der Waals surface area (Å²) in [5.74, 6) is 0. The average Bonchev–Trinajstić information content (AvgIpc) is 0.868. The summed E-state index contributed by atoms with van der Waals surface area (Å²) in [6.07, 6.45) is 129. The van der Waals surface area contributed by atoms with Gasteiger partial charge < -0.3 is 9.11 Å². The van der Waals surface area contributed by atoms with Crippen LogP contribution in [0.15, 0.2) is 58.3 Å². The third-order valence-corrected chi connectivity index (χ3v) is 26.8. The van der Waals surface area contributed by atoms with Crippen LogP contribution in [0.3, 0.4) is 0 Å². The first-order valence-electron chi connectivity index (χ1n) is 51.2. The fraction of sp³-hybridized carbons (Fsp3) is 0.885. The Hall–Kier alpha value is -0.169. The molecule has 9 heteroatoms. The molecule has 2 aromatic carbocycles. The SMILES string of the molecule is CCCCCCCCCCCCCCCCCCCCCCCCCCCCCCCCCCCCCCCCCCCCCCc1ccc(S(=O)(=O)[O-])cc1.CCCCCCCCCCCCCCCCCCCCCCCCCCCCCCCCCCCCCCCCCCCCCCc1ccc(S(=O)(=O)[O-])cc1.[Ba+2]. The van der Waals surface area contributed by atoms with Crippen molar-refractivity contribution in [1.82, 2.24) is 0 Å². The van der Waals surface area contributed by atoms with Gasteiger partial charge in [0.25, 0.3) is 0 Å². The van der Waals surface area contributed by atoms with Gasteiger partial charge in [-0.05, 0) is 61.1 Å². The summed E-state index contributed by atoms with van der Waals surface area (Å²) in [5.41, 5.74) is 2.23. The third-order valence-electron chi connectivity index (χ3n) is 25.1. The summed E-state index contributed by atoms with van der Waals surface area (Å²) in [5, 5.41) is 0. The van der Waals surface area contributed by atoms with Gasteiger partial charge in [0.2, 0.25) is 0 Å². The number of unbranched alkanes of at least 4 members (excludes halogenated alkanes) is 86. The first-order chi connectivity index (χ1) is 55.1. The summed E-state index contributed by atoms with van der Waals surface area (Å²) in [6, 6.07) is 12.8. The Morgan fingerprint density at radius 1 is 0.159 bits per heavy atom. The van der Waals surface area contributed by atoms with E-state index in [-0.39, 0.29) is 58.7 Å². The predicted molar refractivity (Wildman–Crippen MR) is 500 cm³/mol. The van der Waals surface area contributed by atoms with Crippen LogP contribution in [-0.2, 0) is 33.1 Å². The molecule has 2 rings (SSSR count). The third kappa shape index (κ3) is 88.0. The minimum absolute atomic E-state index is 0. The molecule has 660 valence electrons. The van der Waals surface area contributed by atoms with Crippen molar-refractivity contribution in [2.24, 2.45) is 0 Å². The molecule has 0 aliphatic heterocycles. The Morgan fingerprint density at radius 3 is 0.336 bits per heavy atom. The van der Waals surface area contributed by atoms with E-state index in [0.717, 1.165) is 36.8 Å². The van der Waals surface area contributed by atoms with E-state index >= 15 is 0 Å². The molecule has 0 aliphatic carbocycles. The zero-order valence-electron chi connectivity index (χ0n) is 76.2. The molecular weight excluding hydrogens is 1550 g/mol. The second kappa shape index (κ2) is 92.5. The summed E-state index contributed by atoms with van der Waals surface area (Å²) in [7, 11) is -8.67. The molecule has 0 aromatic heterocycles. The van der Waals surface area contributed by atoms with Crippen LogP contribution in [0.5, 0.6) is 0 Å². The summed E-state index contributed by atoms with van der Waals surface area (Å²) < 4.78 is 66.2. The molecule has 0 amide bonds. The van der Waals surface area contributed by atoms with E-state index in [1.807, 2.05) is 0 Å². The maximum atomic E-state index is 11.0. The molecule has 2 aromatic rings. The van der Waals surface area contributed by atoms with Crippen LogP contribution in [0, 0.1) is 0 Å². The van der Waals surface area contributed by atoms with E-state index < -0.39 is 20.2 Å². The van der Waals surface area contributed by atoms with Gasteiger partial charge in [-0.15, -0.1) is 0 Å². The van der Waals surface area contributed by atoms with Gasteiger partial charge in [0.1, 0.15) is 20.2 Å². The number of rotatable bonds is 92. The maximum absolute atomic E-state index is 11.0. The van der Waals surface area contributed by atoms with Gasteiger partial charge in [0.15, 0.2) is 0 Å². The molecule has 0 unspecified atom stereocenters. The van der Waals surface area contributed by atoms with Crippen molar-refractivity contribution in [3.05, 3.63) is 59.7 Å². The smallest absolute Gasteiger partial charge is 0.744 e. The minimum Gasteiger partial charge on any atom is -0.744 e. The molecule has 0 N–H and O–H groups in total. The van der Waals surface area contributed by atoms with Gasteiger partial charge in [0.05, 0.1) is 9.79 Å². The van der Waals surface area contributed by atoms with E-state index in [4.69, 9.17) is 0 Å². The van der Waals surface area contributed by atoms with Gasteiger partial charge >= 0.3 is 48.9 Å². The largest absolute Gasteiger partial charge is 2.00 e. The van der Waals surface area contributed by atoms with Crippen LogP contribution in [-0.4, -0.2) is 74.8 Å². The number of hydrogen-bond acceptors (Lipinski definition) is 6. The van der Waals surface area contributed by atoms with Crippen molar-refractivity contribution >= 4 is 69.1 Å². The van der Waals surface area contributed by atoms with Crippen molar-refractivity contribution < 1.29 is 25.9 Å². The molecule has 0 radical (unpaired) electrons. The Balaban J connectivity index is 0.00000220. The molecule has 0 heterocycles. The number of hydrogen-bond donors (Lipinski definition) is 0. The van der Waals surface area contributed by atoms with Gasteiger partial charge in [-0.1, -0.05) is 590 Å².